The molecule has 0 aliphatic rings. The highest BCUT2D eigenvalue weighted by Crippen LogP contribution is 2.36. The van der Waals surface area contributed by atoms with Crippen molar-refractivity contribution < 1.29 is 0 Å². The molecule has 18 heavy (non-hydrogen) atoms. The Balaban J connectivity index is 2.43. The molecule has 0 amide bonds. The van der Waals surface area contributed by atoms with Gasteiger partial charge < -0.3 is 11.1 Å². The minimum atomic E-state index is 0.228. The van der Waals surface area contributed by atoms with Crippen molar-refractivity contribution in [3.05, 3.63) is 43.3 Å². The molecule has 7 heteroatoms. The maximum Gasteiger partial charge on any atom is 0.151 e. The maximum atomic E-state index is 6.06. The smallest absolute Gasteiger partial charge is 0.151 e. The summed E-state index contributed by atoms with van der Waals surface area (Å²) in [4.78, 5) is 4.11. The van der Waals surface area contributed by atoms with E-state index in [0.29, 0.717) is 15.9 Å². The van der Waals surface area contributed by atoms with Crippen molar-refractivity contribution >= 4 is 72.4 Å². The van der Waals surface area contributed by atoms with Crippen LogP contribution in [0.2, 0.25) is 10.0 Å². The predicted octanol–water partition coefficient (Wildman–Crippen LogP) is 5.24. The number of halogens is 4. The number of hydrogen-bond acceptors (Lipinski definition) is 3. The molecule has 2 rings (SSSR count). The average Bonchev–Trinajstić information content (AvgIpc) is 2.30. The third kappa shape index (κ3) is 2.91. The van der Waals surface area contributed by atoms with Crippen LogP contribution in [0, 0.1) is 0 Å². The Morgan fingerprint density at radius 3 is 2.33 bits per heavy atom. The first-order chi connectivity index (χ1) is 8.49. The third-order valence-electron chi connectivity index (χ3n) is 2.16. The Labute approximate surface area is 131 Å². The number of hydrogen-bond donors (Lipinski definition) is 2. The summed E-state index contributed by atoms with van der Waals surface area (Å²) in [6.07, 6.45) is 0. The zero-order valence-electron chi connectivity index (χ0n) is 8.85. The maximum absolute atomic E-state index is 6.06. The van der Waals surface area contributed by atoms with Crippen molar-refractivity contribution in [2.45, 2.75) is 0 Å². The zero-order chi connectivity index (χ0) is 13.3. The van der Waals surface area contributed by atoms with Crippen LogP contribution in [0.25, 0.3) is 0 Å². The van der Waals surface area contributed by atoms with Gasteiger partial charge in [0.05, 0.1) is 15.7 Å². The van der Waals surface area contributed by atoms with Crippen molar-refractivity contribution in [1.82, 2.24) is 4.98 Å². The molecule has 2 aromatic rings. The van der Waals surface area contributed by atoms with E-state index in [4.69, 9.17) is 28.9 Å². The fourth-order valence-electron chi connectivity index (χ4n) is 1.30. The first-order valence-electron chi connectivity index (χ1n) is 4.81. The van der Waals surface area contributed by atoms with Gasteiger partial charge in [-0.15, -0.1) is 0 Å². The largest absolute Gasteiger partial charge is 0.382 e. The van der Waals surface area contributed by atoms with Crippen LogP contribution in [-0.2, 0) is 0 Å². The van der Waals surface area contributed by atoms with Gasteiger partial charge in [-0.05, 0) is 50.1 Å². The standard InChI is InChI=1S/C11H7Br2Cl2N3/c12-5-2-1-3-6(13)9(5)17-11-8(15)4-7(14)10(16)18-11/h1-4H,(H3,16,17,18). The van der Waals surface area contributed by atoms with Crippen LogP contribution in [0.5, 0.6) is 0 Å². The van der Waals surface area contributed by atoms with Gasteiger partial charge in [0.1, 0.15) is 5.82 Å². The van der Waals surface area contributed by atoms with Gasteiger partial charge >= 0.3 is 0 Å². The number of nitrogens with zero attached hydrogens (tertiary/aromatic N) is 1. The fraction of sp³-hybridized carbons (Fsp3) is 0. The van der Waals surface area contributed by atoms with Crippen LogP contribution in [0.4, 0.5) is 17.3 Å². The molecule has 1 aromatic heterocycles. The highest BCUT2D eigenvalue weighted by atomic mass is 79.9. The molecule has 1 heterocycles. The Kier molecular flexibility index (Phi) is 4.37. The summed E-state index contributed by atoms with van der Waals surface area (Å²) in [5.41, 5.74) is 6.47. The van der Waals surface area contributed by atoms with Gasteiger partial charge in [0.25, 0.3) is 0 Å². The summed E-state index contributed by atoms with van der Waals surface area (Å²) in [6, 6.07) is 7.27. The van der Waals surface area contributed by atoms with Crippen molar-refractivity contribution in [2.75, 3.05) is 11.1 Å². The Morgan fingerprint density at radius 2 is 1.72 bits per heavy atom. The van der Waals surface area contributed by atoms with Gasteiger partial charge in [-0.1, -0.05) is 29.3 Å². The first-order valence-corrected chi connectivity index (χ1v) is 7.16. The minimum Gasteiger partial charge on any atom is -0.382 e. The Hall–Kier alpha value is -0.490. The van der Waals surface area contributed by atoms with Crippen LogP contribution >= 0.6 is 55.1 Å². The third-order valence-corrected chi connectivity index (χ3v) is 4.08. The first kappa shape index (κ1) is 13.9. The summed E-state index contributed by atoms with van der Waals surface area (Å²) in [5, 5.41) is 3.83. The Morgan fingerprint density at radius 1 is 1.11 bits per heavy atom. The van der Waals surface area contributed by atoms with Crippen LogP contribution in [0.3, 0.4) is 0 Å². The second-order valence-corrected chi connectivity index (χ2v) is 5.93. The lowest BCUT2D eigenvalue weighted by Crippen LogP contribution is -2.00. The number of benzene rings is 1. The van der Waals surface area contributed by atoms with Crippen LogP contribution in [0.1, 0.15) is 0 Å². The van der Waals surface area contributed by atoms with E-state index in [-0.39, 0.29) is 5.82 Å². The SMILES string of the molecule is Nc1nc(Nc2c(Br)cccc2Br)c(Cl)cc1Cl. The lowest BCUT2D eigenvalue weighted by atomic mass is 10.3. The summed E-state index contributed by atoms with van der Waals surface area (Å²) < 4.78 is 1.76. The molecule has 0 atom stereocenters. The molecule has 3 nitrogen and oxygen atoms in total. The number of nitrogen functional groups attached to an aromatic ring is 1. The average molecular weight is 412 g/mol. The molecule has 1 aromatic carbocycles. The molecule has 0 unspecified atom stereocenters. The number of rotatable bonds is 2. The van der Waals surface area contributed by atoms with Crippen molar-refractivity contribution in [3.8, 4) is 0 Å². The van der Waals surface area contributed by atoms with Gasteiger partial charge in [-0.25, -0.2) is 4.98 Å². The molecular formula is C11H7Br2Cl2N3. The highest BCUT2D eigenvalue weighted by molar-refractivity contribution is 9.11. The number of pyridine rings is 1. The van der Waals surface area contributed by atoms with E-state index >= 15 is 0 Å². The highest BCUT2D eigenvalue weighted by Gasteiger charge is 2.10. The van der Waals surface area contributed by atoms with E-state index in [2.05, 4.69) is 42.2 Å². The van der Waals surface area contributed by atoms with Crippen molar-refractivity contribution in [1.29, 1.82) is 0 Å². The van der Waals surface area contributed by atoms with E-state index in [1.165, 1.54) is 0 Å². The zero-order valence-corrected chi connectivity index (χ0v) is 13.5. The second-order valence-electron chi connectivity index (χ2n) is 3.41. The molecule has 94 valence electrons. The van der Waals surface area contributed by atoms with Crippen molar-refractivity contribution in [3.63, 3.8) is 0 Å². The molecule has 0 aliphatic heterocycles. The van der Waals surface area contributed by atoms with E-state index in [1.54, 1.807) is 6.07 Å². The minimum absolute atomic E-state index is 0.228. The number of nitrogens with one attached hydrogen (secondary N) is 1. The lowest BCUT2D eigenvalue weighted by molar-refractivity contribution is 1.31. The number of para-hydroxylation sites is 1. The number of nitrogens with two attached hydrogens (primary N) is 1. The van der Waals surface area contributed by atoms with Gasteiger partial charge in [0.2, 0.25) is 0 Å². The fourth-order valence-corrected chi connectivity index (χ4v) is 2.91. The summed E-state index contributed by atoms with van der Waals surface area (Å²) >= 11 is 18.8. The molecule has 0 spiro atoms. The molecule has 0 fully saturated rings. The normalized spacial score (nSPS) is 10.4. The van der Waals surface area contributed by atoms with Gasteiger partial charge in [-0.2, -0.15) is 0 Å². The van der Waals surface area contributed by atoms with Crippen molar-refractivity contribution in [2.24, 2.45) is 0 Å². The molecule has 0 saturated heterocycles. The Bertz CT molecular complexity index is 585. The topological polar surface area (TPSA) is 50.9 Å². The van der Waals surface area contributed by atoms with Gasteiger partial charge in [-0.3, -0.25) is 0 Å². The molecule has 0 aliphatic carbocycles. The molecule has 0 saturated carbocycles. The predicted molar refractivity (Wildman–Crippen MR) is 83.8 cm³/mol. The van der Waals surface area contributed by atoms with Gasteiger partial charge in [0.15, 0.2) is 5.82 Å². The van der Waals surface area contributed by atoms with Crippen LogP contribution < -0.4 is 11.1 Å². The van der Waals surface area contributed by atoms with Gasteiger partial charge in [0, 0.05) is 8.95 Å². The summed E-state index contributed by atoms with van der Waals surface area (Å²) in [6.45, 7) is 0. The van der Waals surface area contributed by atoms with Crippen LogP contribution in [-0.4, -0.2) is 4.98 Å². The summed E-state index contributed by atoms with van der Waals surface area (Å²) in [7, 11) is 0. The molecular weight excluding hydrogens is 405 g/mol. The lowest BCUT2D eigenvalue weighted by Gasteiger charge is -2.12. The second kappa shape index (κ2) is 5.65. The van der Waals surface area contributed by atoms with E-state index in [0.717, 1.165) is 14.6 Å². The number of anilines is 3. The van der Waals surface area contributed by atoms with E-state index in [1.807, 2.05) is 18.2 Å². The van der Waals surface area contributed by atoms with Crippen LogP contribution in [0.15, 0.2) is 33.2 Å². The van der Waals surface area contributed by atoms with E-state index in [9.17, 15) is 0 Å². The molecule has 0 radical (unpaired) electrons. The number of aromatic nitrogens is 1. The quantitative estimate of drug-likeness (QED) is 0.710. The monoisotopic (exact) mass is 409 g/mol. The van der Waals surface area contributed by atoms with E-state index < -0.39 is 0 Å². The summed E-state index contributed by atoms with van der Waals surface area (Å²) in [5.74, 6) is 0.679. The molecule has 0 bridgehead atoms. The molecule has 3 N–H and O–H groups in total.